The van der Waals surface area contributed by atoms with Crippen molar-refractivity contribution >= 4 is 39.4 Å². The molecule has 0 saturated heterocycles. The van der Waals surface area contributed by atoms with Crippen molar-refractivity contribution in [3.8, 4) is 6.07 Å². The number of aromatic amines is 1. The first kappa shape index (κ1) is 33.0. The highest BCUT2D eigenvalue weighted by Crippen LogP contribution is 2.39. The number of hydrogen-bond donors (Lipinski definition) is 1. The fourth-order valence-electron chi connectivity index (χ4n) is 7.61. The standard InChI is InChI=1S/C49H37N5/c1-29-5-13-33(14-6-29)45-38-28-51-49(37(38)27-50)48(36-19-11-32(4)12-20-36)44-26-25-43(54-44)47(35-17-9-31(3)10-18-35)42-24-23-41(53-42)46(40-22-21-39(45)52-40)34-15-7-30(2)8-16-34/h5-26,28,37,52H,1-4H3. The molecular weight excluding hydrogens is 659 g/mol. The predicted molar refractivity (Wildman–Crippen MR) is 221 cm³/mol. The van der Waals surface area contributed by atoms with Gasteiger partial charge in [-0.25, -0.2) is 9.98 Å². The van der Waals surface area contributed by atoms with Gasteiger partial charge < -0.3 is 4.98 Å². The summed E-state index contributed by atoms with van der Waals surface area (Å²) in [5, 5.41) is 12.9. The van der Waals surface area contributed by atoms with Crippen molar-refractivity contribution in [1.82, 2.24) is 4.98 Å². The van der Waals surface area contributed by atoms with Gasteiger partial charge in [-0.3, -0.25) is 4.99 Å². The Morgan fingerprint density at radius 2 is 0.889 bits per heavy atom. The monoisotopic (exact) mass is 695 g/mol. The average molecular weight is 696 g/mol. The molecular formula is C49H37N5. The number of nitrogens with zero attached hydrogens (tertiary/aromatic N) is 4. The molecule has 5 aromatic rings. The van der Waals surface area contributed by atoms with Gasteiger partial charge in [-0.2, -0.15) is 5.26 Å². The van der Waals surface area contributed by atoms with E-state index in [1.54, 1.807) is 0 Å². The molecule has 0 radical (unpaired) electrons. The summed E-state index contributed by atoms with van der Waals surface area (Å²) >= 11 is 0. The number of aliphatic imine (C=N–C) groups is 3. The average Bonchev–Trinajstić information content (AvgIpc) is 4.02. The van der Waals surface area contributed by atoms with E-state index >= 15 is 0 Å². The van der Waals surface area contributed by atoms with Crippen molar-refractivity contribution in [2.24, 2.45) is 20.9 Å². The number of fused-ring (bicyclic) bond motifs is 6. The van der Waals surface area contributed by atoms with E-state index in [-0.39, 0.29) is 0 Å². The third kappa shape index (κ3) is 5.79. The number of aromatic nitrogens is 1. The number of nitrogens with one attached hydrogen (secondary N) is 1. The molecule has 4 aliphatic rings. The van der Waals surface area contributed by atoms with E-state index < -0.39 is 5.92 Å². The lowest BCUT2D eigenvalue weighted by atomic mass is 9.83. The maximum Gasteiger partial charge on any atom is 0.116 e. The minimum absolute atomic E-state index is 0.643. The van der Waals surface area contributed by atoms with Crippen LogP contribution in [-0.2, 0) is 0 Å². The van der Waals surface area contributed by atoms with E-state index in [0.29, 0.717) is 5.71 Å². The fraction of sp³-hybridized carbons (Fsp3) is 0.102. The van der Waals surface area contributed by atoms with Crippen molar-refractivity contribution in [2.45, 2.75) is 27.7 Å². The zero-order valence-electron chi connectivity index (χ0n) is 30.6. The van der Waals surface area contributed by atoms with Crippen LogP contribution in [0.2, 0.25) is 0 Å². The quantitative estimate of drug-likeness (QED) is 0.200. The normalized spacial score (nSPS) is 17.5. The van der Waals surface area contributed by atoms with Gasteiger partial charge in [0, 0.05) is 44.8 Å². The Morgan fingerprint density at radius 1 is 0.481 bits per heavy atom. The minimum Gasteiger partial charge on any atom is -0.354 e. The van der Waals surface area contributed by atoms with Gasteiger partial charge in [-0.1, -0.05) is 119 Å². The first-order chi connectivity index (χ1) is 26.3. The molecule has 4 aliphatic heterocycles. The molecule has 5 heteroatoms. The molecule has 0 saturated carbocycles. The lowest BCUT2D eigenvalue weighted by Gasteiger charge is -2.18. The topological polar surface area (TPSA) is 76.7 Å². The molecule has 1 unspecified atom stereocenters. The van der Waals surface area contributed by atoms with Gasteiger partial charge in [-0.05, 0) is 86.4 Å². The molecule has 0 spiro atoms. The summed E-state index contributed by atoms with van der Waals surface area (Å²) in [5.41, 5.74) is 17.2. The third-order valence-electron chi connectivity index (χ3n) is 10.5. The molecule has 54 heavy (non-hydrogen) atoms. The highest BCUT2D eigenvalue weighted by molar-refractivity contribution is 6.36. The van der Waals surface area contributed by atoms with Crippen molar-refractivity contribution in [2.75, 3.05) is 0 Å². The highest BCUT2D eigenvalue weighted by atomic mass is 14.8. The van der Waals surface area contributed by atoms with E-state index in [1.807, 2.05) is 6.20 Å². The number of H-pyrrole nitrogens is 1. The van der Waals surface area contributed by atoms with E-state index in [0.717, 1.165) is 94.8 Å². The van der Waals surface area contributed by atoms with E-state index in [1.165, 1.54) is 11.1 Å². The number of benzene rings is 4. The summed E-state index contributed by atoms with van der Waals surface area (Å²) < 4.78 is 0. The third-order valence-corrected chi connectivity index (χ3v) is 10.5. The smallest absolute Gasteiger partial charge is 0.116 e. The predicted octanol–water partition coefficient (Wildman–Crippen LogP) is 8.98. The molecule has 1 atom stereocenters. The molecule has 1 aromatic heterocycles. The van der Waals surface area contributed by atoms with Crippen LogP contribution in [-0.4, -0.2) is 22.1 Å². The van der Waals surface area contributed by atoms with Crippen LogP contribution < -0.4 is 10.7 Å². The molecule has 5 nitrogen and oxygen atoms in total. The number of nitriles is 1. The maximum atomic E-state index is 11.1. The van der Waals surface area contributed by atoms with Crippen LogP contribution in [0.15, 0.2) is 172 Å². The molecule has 5 heterocycles. The molecule has 0 aliphatic carbocycles. The molecule has 0 fully saturated rings. The Hall–Kier alpha value is -6.90. The summed E-state index contributed by atoms with van der Waals surface area (Å²) in [6.45, 7) is 8.37. The van der Waals surface area contributed by atoms with Crippen molar-refractivity contribution in [3.05, 3.63) is 212 Å². The zero-order valence-corrected chi connectivity index (χ0v) is 30.6. The molecule has 4 aromatic carbocycles. The van der Waals surface area contributed by atoms with Gasteiger partial charge in [0.15, 0.2) is 0 Å². The fourth-order valence-corrected chi connectivity index (χ4v) is 7.61. The molecule has 1 N–H and O–H groups in total. The van der Waals surface area contributed by atoms with Crippen LogP contribution in [0.5, 0.6) is 0 Å². The van der Waals surface area contributed by atoms with Crippen molar-refractivity contribution in [3.63, 3.8) is 0 Å². The van der Waals surface area contributed by atoms with Gasteiger partial charge in [0.2, 0.25) is 0 Å². The Kier molecular flexibility index (Phi) is 8.09. The van der Waals surface area contributed by atoms with Crippen molar-refractivity contribution in [1.29, 1.82) is 5.26 Å². The van der Waals surface area contributed by atoms with E-state index in [2.05, 4.69) is 172 Å². The maximum absolute atomic E-state index is 11.1. The summed E-state index contributed by atoms with van der Waals surface area (Å²) in [6, 6.07) is 40.9. The Balaban J connectivity index is 1.40. The SMILES string of the molecule is Cc1ccc(C2=C3C=CC(=N3)C(c3ccc(C)cc3)=c3ccc([nH]3)=C(c3ccc(C)cc3)C3=CN=C(C(c4ccc(C)cc4)=C4C=CC2=N4)C3C#N)cc1. The van der Waals surface area contributed by atoms with Crippen molar-refractivity contribution < 1.29 is 0 Å². The lowest BCUT2D eigenvalue weighted by Crippen LogP contribution is -2.22. The summed E-state index contributed by atoms with van der Waals surface area (Å²) in [5.74, 6) is -0.643. The summed E-state index contributed by atoms with van der Waals surface area (Å²) in [6.07, 6.45) is 10.2. The highest BCUT2D eigenvalue weighted by Gasteiger charge is 2.34. The van der Waals surface area contributed by atoms with Crippen LogP contribution in [0.3, 0.4) is 0 Å². The Bertz CT molecular complexity index is 2800. The molecule has 9 rings (SSSR count). The second-order valence-corrected chi connectivity index (χ2v) is 14.3. The lowest BCUT2D eigenvalue weighted by molar-refractivity contribution is 1.11. The largest absolute Gasteiger partial charge is 0.354 e. The van der Waals surface area contributed by atoms with Crippen LogP contribution in [0.4, 0.5) is 0 Å². The van der Waals surface area contributed by atoms with Crippen LogP contribution in [0.25, 0.3) is 22.3 Å². The van der Waals surface area contributed by atoms with Gasteiger partial charge in [0.25, 0.3) is 0 Å². The number of allylic oxidation sites excluding steroid dienone is 7. The van der Waals surface area contributed by atoms with Gasteiger partial charge in [0.1, 0.15) is 5.92 Å². The number of rotatable bonds is 4. The molecule has 0 amide bonds. The molecule has 8 bridgehead atoms. The summed E-state index contributed by atoms with van der Waals surface area (Å²) in [7, 11) is 0. The second kappa shape index (κ2) is 13.3. The van der Waals surface area contributed by atoms with Gasteiger partial charge in [-0.15, -0.1) is 0 Å². The number of aryl methyl sites for hydroxylation is 4. The first-order valence-corrected chi connectivity index (χ1v) is 18.3. The van der Waals surface area contributed by atoms with E-state index in [9.17, 15) is 5.26 Å². The van der Waals surface area contributed by atoms with Gasteiger partial charge >= 0.3 is 0 Å². The Morgan fingerprint density at radius 3 is 1.39 bits per heavy atom. The van der Waals surface area contributed by atoms with E-state index in [4.69, 9.17) is 15.0 Å². The second-order valence-electron chi connectivity index (χ2n) is 14.3. The molecule has 258 valence electrons. The zero-order chi connectivity index (χ0) is 36.9. The van der Waals surface area contributed by atoms with Crippen LogP contribution in [0, 0.1) is 44.9 Å². The summed E-state index contributed by atoms with van der Waals surface area (Å²) in [4.78, 5) is 19.6. The van der Waals surface area contributed by atoms with Gasteiger partial charge in [0.05, 0.1) is 34.6 Å². The first-order valence-electron chi connectivity index (χ1n) is 18.3. The van der Waals surface area contributed by atoms with Crippen LogP contribution in [0.1, 0.15) is 44.5 Å². The Labute approximate surface area is 315 Å². The minimum atomic E-state index is -0.643. The number of hydrogen-bond acceptors (Lipinski definition) is 4. The van der Waals surface area contributed by atoms with Crippen LogP contribution >= 0.6 is 0 Å².